The van der Waals surface area contributed by atoms with E-state index in [2.05, 4.69) is 5.32 Å². The summed E-state index contributed by atoms with van der Waals surface area (Å²) in [6.07, 6.45) is 1.60. The van der Waals surface area contributed by atoms with E-state index < -0.39 is 5.92 Å². The van der Waals surface area contributed by atoms with Gasteiger partial charge in [0.25, 0.3) is 0 Å². The molecular weight excluding hydrogens is 306 g/mol. The van der Waals surface area contributed by atoms with Crippen LogP contribution in [0.25, 0.3) is 0 Å². The molecule has 0 aromatic rings. The van der Waals surface area contributed by atoms with Crippen molar-refractivity contribution in [3.63, 3.8) is 0 Å². The van der Waals surface area contributed by atoms with Gasteiger partial charge in [-0.3, -0.25) is 0 Å². The van der Waals surface area contributed by atoms with Crippen LogP contribution in [0.1, 0.15) is 39.0 Å². The number of alkyl halides is 2. The first kappa shape index (κ1) is 16.9. The largest absolute Gasteiger partial charge is 0.378 e. The highest BCUT2D eigenvalue weighted by Crippen LogP contribution is 2.36. The van der Waals surface area contributed by atoms with Crippen LogP contribution in [0.4, 0.5) is 13.6 Å². The molecule has 3 rings (SSSR count). The smallest absolute Gasteiger partial charge is 0.317 e. The fraction of sp³-hybridized carbons (Fsp3) is 0.938. The highest BCUT2D eigenvalue weighted by molar-refractivity contribution is 5.74. The van der Waals surface area contributed by atoms with E-state index in [1.807, 2.05) is 6.92 Å². The first-order valence-electron chi connectivity index (χ1n) is 8.54. The van der Waals surface area contributed by atoms with Crippen molar-refractivity contribution in [2.45, 2.75) is 56.7 Å². The zero-order chi connectivity index (χ0) is 16.5. The summed E-state index contributed by atoms with van der Waals surface area (Å²) in [5, 5.41) is 2.92. The van der Waals surface area contributed by atoms with E-state index in [1.54, 1.807) is 4.90 Å². The maximum atomic E-state index is 13.2. The molecule has 0 radical (unpaired) electrons. The Morgan fingerprint density at radius 1 is 1.30 bits per heavy atom. The Morgan fingerprint density at radius 3 is 2.70 bits per heavy atom. The average molecular weight is 332 g/mol. The van der Waals surface area contributed by atoms with Crippen molar-refractivity contribution >= 4 is 6.03 Å². The van der Waals surface area contributed by atoms with Gasteiger partial charge in [0.1, 0.15) is 5.60 Å². The zero-order valence-electron chi connectivity index (χ0n) is 13.7. The summed E-state index contributed by atoms with van der Waals surface area (Å²) in [6.45, 7) is 4.71. The topological polar surface area (TPSA) is 50.8 Å². The van der Waals surface area contributed by atoms with Gasteiger partial charge in [0.15, 0.2) is 0 Å². The molecular formula is C16H26F2N2O3. The van der Waals surface area contributed by atoms with Gasteiger partial charge >= 0.3 is 6.03 Å². The Bertz CT molecular complexity index is 431. The van der Waals surface area contributed by atoms with Crippen LogP contribution in [0.2, 0.25) is 0 Å². The van der Waals surface area contributed by atoms with Crippen LogP contribution in [0, 0.1) is 5.92 Å². The molecule has 2 aliphatic heterocycles. The first-order chi connectivity index (χ1) is 10.9. The third-order valence-electron chi connectivity index (χ3n) is 5.14. The molecule has 2 heterocycles. The van der Waals surface area contributed by atoms with Crippen molar-refractivity contribution in [2.24, 2.45) is 5.92 Å². The lowest BCUT2D eigenvalue weighted by Gasteiger charge is -2.42. The molecule has 0 aromatic heterocycles. The minimum atomic E-state index is -2.52. The number of carbonyl (C=O) groups is 1. The van der Waals surface area contributed by atoms with Crippen LogP contribution >= 0.6 is 0 Å². The number of hydrogen-bond acceptors (Lipinski definition) is 3. The van der Waals surface area contributed by atoms with Crippen LogP contribution in [-0.2, 0) is 9.47 Å². The number of halogens is 2. The van der Waals surface area contributed by atoms with Gasteiger partial charge in [-0.05, 0) is 25.7 Å². The van der Waals surface area contributed by atoms with Crippen molar-refractivity contribution in [3.05, 3.63) is 0 Å². The van der Waals surface area contributed by atoms with Crippen molar-refractivity contribution in [1.82, 2.24) is 10.2 Å². The fourth-order valence-corrected chi connectivity index (χ4v) is 3.83. The summed E-state index contributed by atoms with van der Waals surface area (Å²) in [5.74, 6) is -2.37. The summed E-state index contributed by atoms with van der Waals surface area (Å²) >= 11 is 0. The summed E-state index contributed by atoms with van der Waals surface area (Å²) in [5.41, 5.74) is -0.373. The van der Waals surface area contributed by atoms with Gasteiger partial charge in [0.05, 0.1) is 19.3 Å². The minimum absolute atomic E-state index is 0.0235. The predicted molar refractivity (Wildman–Crippen MR) is 80.6 cm³/mol. The predicted octanol–water partition coefficient (Wildman–Crippen LogP) is 2.40. The second-order valence-corrected chi connectivity index (χ2v) is 7.28. The number of rotatable bonds is 2. The monoisotopic (exact) mass is 332 g/mol. The van der Waals surface area contributed by atoms with E-state index in [4.69, 9.17) is 9.47 Å². The second-order valence-electron chi connectivity index (χ2n) is 7.28. The van der Waals surface area contributed by atoms with Gasteiger partial charge in [0.2, 0.25) is 5.92 Å². The SMILES string of the molecule is C[C@H]1CN(C(=O)NCC2CCC(F)(F)CC2)C[C@@]2(CCOC2)O1. The summed E-state index contributed by atoms with van der Waals surface area (Å²) < 4.78 is 37.8. The van der Waals surface area contributed by atoms with Crippen molar-refractivity contribution in [3.8, 4) is 0 Å². The third kappa shape index (κ3) is 4.12. The molecule has 1 N–H and O–H groups in total. The number of ether oxygens (including phenoxy) is 2. The van der Waals surface area contributed by atoms with E-state index in [0.29, 0.717) is 45.7 Å². The van der Waals surface area contributed by atoms with E-state index in [0.717, 1.165) is 6.42 Å². The van der Waals surface area contributed by atoms with Crippen LogP contribution in [0.15, 0.2) is 0 Å². The Kier molecular flexibility index (Phi) is 4.78. The third-order valence-corrected chi connectivity index (χ3v) is 5.14. The van der Waals surface area contributed by atoms with E-state index in [-0.39, 0.29) is 36.5 Å². The van der Waals surface area contributed by atoms with Gasteiger partial charge in [-0.15, -0.1) is 0 Å². The Morgan fingerprint density at radius 2 is 2.04 bits per heavy atom. The maximum absolute atomic E-state index is 13.2. The molecule has 23 heavy (non-hydrogen) atoms. The molecule has 3 fully saturated rings. The zero-order valence-corrected chi connectivity index (χ0v) is 13.7. The van der Waals surface area contributed by atoms with Gasteiger partial charge in [-0.25, -0.2) is 13.6 Å². The number of hydrogen-bond donors (Lipinski definition) is 1. The molecule has 0 unspecified atom stereocenters. The number of carbonyl (C=O) groups excluding carboxylic acids is 1. The Labute approximate surface area is 135 Å². The number of nitrogens with zero attached hydrogens (tertiary/aromatic N) is 1. The molecule has 132 valence electrons. The number of urea groups is 1. The molecule has 1 saturated carbocycles. The highest BCUT2D eigenvalue weighted by atomic mass is 19.3. The van der Waals surface area contributed by atoms with Crippen LogP contribution < -0.4 is 5.32 Å². The van der Waals surface area contributed by atoms with Crippen molar-refractivity contribution < 1.29 is 23.0 Å². The Balaban J connectivity index is 1.48. The van der Waals surface area contributed by atoms with Crippen LogP contribution in [0.3, 0.4) is 0 Å². The molecule has 3 aliphatic rings. The number of morpholine rings is 1. The van der Waals surface area contributed by atoms with E-state index in [1.165, 1.54) is 0 Å². The first-order valence-corrected chi connectivity index (χ1v) is 8.54. The summed E-state index contributed by atoms with van der Waals surface area (Å²) in [7, 11) is 0. The molecule has 2 saturated heterocycles. The lowest BCUT2D eigenvalue weighted by atomic mass is 9.87. The number of amides is 2. The van der Waals surface area contributed by atoms with Crippen LogP contribution in [-0.4, -0.2) is 61.4 Å². The molecule has 1 spiro atoms. The van der Waals surface area contributed by atoms with Crippen LogP contribution in [0.5, 0.6) is 0 Å². The average Bonchev–Trinajstić information content (AvgIpc) is 2.92. The maximum Gasteiger partial charge on any atom is 0.317 e. The normalized spacial score (nSPS) is 34.7. The molecule has 0 bridgehead atoms. The standard InChI is InChI=1S/C16H26F2N2O3/c1-12-9-20(10-15(23-12)6-7-22-11-15)14(21)19-8-13-2-4-16(17,18)5-3-13/h12-13H,2-11H2,1H3,(H,19,21)/t12-,15+/m0/s1. The highest BCUT2D eigenvalue weighted by Gasteiger charge is 2.44. The van der Waals surface area contributed by atoms with E-state index >= 15 is 0 Å². The van der Waals surface area contributed by atoms with Gasteiger partial charge in [-0.1, -0.05) is 0 Å². The minimum Gasteiger partial charge on any atom is -0.378 e. The Hall–Kier alpha value is -0.950. The van der Waals surface area contributed by atoms with Gasteiger partial charge in [-0.2, -0.15) is 0 Å². The van der Waals surface area contributed by atoms with Gasteiger partial charge in [0, 0.05) is 39.0 Å². The summed E-state index contributed by atoms with van der Waals surface area (Å²) in [6, 6.07) is -0.122. The van der Waals surface area contributed by atoms with Crippen molar-refractivity contribution in [1.29, 1.82) is 0 Å². The molecule has 0 aromatic carbocycles. The summed E-state index contributed by atoms with van der Waals surface area (Å²) in [4.78, 5) is 14.2. The molecule has 7 heteroatoms. The van der Waals surface area contributed by atoms with Crippen molar-refractivity contribution in [2.75, 3.05) is 32.8 Å². The number of nitrogens with one attached hydrogen (secondary N) is 1. The quantitative estimate of drug-likeness (QED) is 0.845. The molecule has 1 aliphatic carbocycles. The lowest BCUT2D eigenvalue weighted by Crippen LogP contribution is -2.59. The molecule has 2 atom stereocenters. The lowest BCUT2D eigenvalue weighted by molar-refractivity contribution is -0.137. The fourth-order valence-electron chi connectivity index (χ4n) is 3.83. The van der Waals surface area contributed by atoms with E-state index in [9.17, 15) is 13.6 Å². The van der Waals surface area contributed by atoms with Gasteiger partial charge < -0.3 is 19.7 Å². The molecule has 5 nitrogen and oxygen atoms in total. The molecule has 2 amide bonds. The second kappa shape index (κ2) is 6.51.